The molecule has 1 aromatic carbocycles. The topological polar surface area (TPSA) is 49.3 Å². The minimum absolute atomic E-state index is 0.193. The van der Waals surface area contributed by atoms with Crippen LogP contribution in [0.15, 0.2) is 47.6 Å². The van der Waals surface area contributed by atoms with E-state index in [1.807, 2.05) is 12.3 Å². The summed E-state index contributed by atoms with van der Waals surface area (Å²) < 4.78 is 0. The number of aromatic nitrogens is 1. The highest BCUT2D eigenvalue weighted by Crippen LogP contribution is 2.16. The summed E-state index contributed by atoms with van der Waals surface area (Å²) in [5, 5.41) is 6.78. The first-order valence-corrected chi connectivity index (χ1v) is 8.12. The second-order valence-corrected chi connectivity index (χ2v) is 5.68. The summed E-state index contributed by atoms with van der Waals surface area (Å²) in [6.45, 7) is 9.82. The Bertz CT molecular complexity index is 664. The Labute approximate surface area is 139 Å². The lowest BCUT2D eigenvalue weighted by Gasteiger charge is -2.19. The standard InChI is InChI=1S/C19H26N4/c1-5-20-19(22-13-18-15(3)10-8-12-21-18)23-16(4)17-11-7-6-9-14(17)2/h6-12,16H,5,13H2,1-4H3,(H2,20,22,23). The molecule has 1 heterocycles. The van der Waals surface area contributed by atoms with E-state index in [1.54, 1.807) is 0 Å². The minimum atomic E-state index is 0.193. The van der Waals surface area contributed by atoms with E-state index in [4.69, 9.17) is 0 Å². The van der Waals surface area contributed by atoms with E-state index in [9.17, 15) is 0 Å². The summed E-state index contributed by atoms with van der Waals surface area (Å²) in [5.74, 6) is 0.813. The van der Waals surface area contributed by atoms with Crippen molar-refractivity contribution >= 4 is 5.96 Å². The number of pyridine rings is 1. The van der Waals surface area contributed by atoms with Crippen molar-refractivity contribution in [3.8, 4) is 0 Å². The molecule has 1 unspecified atom stereocenters. The Balaban J connectivity index is 2.10. The third-order valence-corrected chi connectivity index (χ3v) is 3.86. The molecule has 0 aliphatic carbocycles. The molecule has 1 atom stereocenters. The number of nitrogens with zero attached hydrogens (tertiary/aromatic N) is 2. The Morgan fingerprint density at radius 3 is 2.57 bits per heavy atom. The average Bonchev–Trinajstić information content (AvgIpc) is 2.54. The van der Waals surface area contributed by atoms with Gasteiger partial charge in [0.25, 0.3) is 0 Å². The molecule has 2 rings (SSSR count). The Kier molecular flexibility index (Phi) is 6.15. The highest BCUT2D eigenvalue weighted by atomic mass is 15.2. The largest absolute Gasteiger partial charge is 0.357 e. The molecule has 0 saturated carbocycles. The number of hydrogen-bond donors (Lipinski definition) is 2. The van der Waals surface area contributed by atoms with E-state index >= 15 is 0 Å². The number of nitrogens with one attached hydrogen (secondary N) is 2. The van der Waals surface area contributed by atoms with E-state index < -0.39 is 0 Å². The molecule has 1 aromatic heterocycles. The molecule has 0 saturated heterocycles. The van der Waals surface area contributed by atoms with Gasteiger partial charge in [-0.2, -0.15) is 0 Å². The summed E-state index contributed by atoms with van der Waals surface area (Å²) in [7, 11) is 0. The van der Waals surface area contributed by atoms with E-state index in [-0.39, 0.29) is 6.04 Å². The summed E-state index contributed by atoms with van der Waals surface area (Å²) in [5.41, 5.74) is 4.74. The SMILES string of the molecule is CCNC(=NCc1ncccc1C)NC(C)c1ccccc1C. The highest BCUT2D eigenvalue weighted by molar-refractivity contribution is 5.80. The summed E-state index contributed by atoms with van der Waals surface area (Å²) in [4.78, 5) is 9.07. The van der Waals surface area contributed by atoms with Gasteiger partial charge in [-0.1, -0.05) is 30.3 Å². The number of hydrogen-bond acceptors (Lipinski definition) is 2. The van der Waals surface area contributed by atoms with E-state index in [2.05, 4.69) is 78.6 Å². The van der Waals surface area contributed by atoms with Gasteiger partial charge in [-0.25, -0.2) is 4.99 Å². The Morgan fingerprint density at radius 1 is 1.13 bits per heavy atom. The van der Waals surface area contributed by atoms with Crippen LogP contribution in [0.4, 0.5) is 0 Å². The maximum Gasteiger partial charge on any atom is 0.192 e. The zero-order valence-electron chi connectivity index (χ0n) is 14.4. The molecule has 4 heteroatoms. The van der Waals surface area contributed by atoms with Crippen molar-refractivity contribution < 1.29 is 0 Å². The molecule has 0 bridgehead atoms. The van der Waals surface area contributed by atoms with Crippen molar-refractivity contribution in [2.24, 2.45) is 4.99 Å². The second-order valence-electron chi connectivity index (χ2n) is 5.68. The monoisotopic (exact) mass is 310 g/mol. The van der Waals surface area contributed by atoms with Gasteiger partial charge in [0, 0.05) is 12.7 Å². The van der Waals surface area contributed by atoms with Crippen molar-refractivity contribution in [1.82, 2.24) is 15.6 Å². The molecule has 0 aliphatic heterocycles. The lowest BCUT2D eigenvalue weighted by atomic mass is 10.0. The van der Waals surface area contributed by atoms with Crippen LogP contribution in [-0.2, 0) is 6.54 Å². The van der Waals surface area contributed by atoms with Crippen molar-refractivity contribution in [3.63, 3.8) is 0 Å². The highest BCUT2D eigenvalue weighted by Gasteiger charge is 2.09. The van der Waals surface area contributed by atoms with Crippen LogP contribution in [0.1, 0.15) is 42.3 Å². The van der Waals surface area contributed by atoms with Gasteiger partial charge in [0.15, 0.2) is 5.96 Å². The second kappa shape index (κ2) is 8.32. The molecule has 0 aliphatic rings. The fourth-order valence-electron chi connectivity index (χ4n) is 2.51. The lowest BCUT2D eigenvalue weighted by molar-refractivity contribution is 0.681. The summed E-state index contributed by atoms with van der Waals surface area (Å²) in [6.07, 6.45) is 1.81. The number of aryl methyl sites for hydroxylation is 2. The summed E-state index contributed by atoms with van der Waals surface area (Å²) >= 11 is 0. The predicted octanol–water partition coefficient (Wildman–Crippen LogP) is 3.51. The van der Waals surface area contributed by atoms with Gasteiger partial charge in [-0.3, -0.25) is 4.98 Å². The number of aliphatic imine (C=N–C) groups is 1. The molecular formula is C19H26N4. The van der Waals surface area contributed by atoms with Crippen molar-refractivity contribution in [2.45, 2.75) is 40.3 Å². The van der Waals surface area contributed by atoms with Crippen LogP contribution in [0.3, 0.4) is 0 Å². The van der Waals surface area contributed by atoms with Crippen molar-refractivity contribution in [2.75, 3.05) is 6.54 Å². The normalized spacial score (nSPS) is 12.8. The quantitative estimate of drug-likeness (QED) is 0.656. The van der Waals surface area contributed by atoms with E-state index in [1.165, 1.54) is 16.7 Å². The zero-order valence-corrected chi connectivity index (χ0v) is 14.4. The molecule has 0 radical (unpaired) electrons. The average molecular weight is 310 g/mol. The van der Waals surface area contributed by atoms with Gasteiger partial charge in [-0.05, 0) is 50.5 Å². The Morgan fingerprint density at radius 2 is 1.87 bits per heavy atom. The van der Waals surface area contributed by atoms with Crippen LogP contribution in [0.5, 0.6) is 0 Å². The first kappa shape index (κ1) is 17.0. The third kappa shape index (κ3) is 4.81. The fourth-order valence-corrected chi connectivity index (χ4v) is 2.51. The molecule has 0 amide bonds. The van der Waals surface area contributed by atoms with Gasteiger partial charge < -0.3 is 10.6 Å². The van der Waals surface area contributed by atoms with Crippen molar-refractivity contribution in [3.05, 3.63) is 65.0 Å². The van der Waals surface area contributed by atoms with E-state index in [0.717, 1.165) is 18.2 Å². The molecule has 2 aromatic rings. The number of guanidine groups is 1. The smallest absolute Gasteiger partial charge is 0.192 e. The maximum absolute atomic E-state index is 4.67. The lowest BCUT2D eigenvalue weighted by Crippen LogP contribution is -2.38. The van der Waals surface area contributed by atoms with Gasteiger partial charge in [-0.15, -0.1) is 0 Å². The molecule has 0 spiro atoms. The number of benzene rings is 1. The molecule has 2 N–H and O–H groups in total. The molecule has 23 heavy (non-hydrogen) atoms. The summed E-state index contributed by atoms with van der Waals surface area (Å²) in [6, 6.07) is 12.6. The van der Waals surface area contributed by atoms with Gasteiger partial charge in [0.05, 0.1) is 18.3 Å². The number of rotatable bonds is 5. The predicted molar refractivity (Wildman–Crippen MR) is 96.5 cm³/mol. The minimum Gasteiger partial charge on any atom is -0.357 e. The van der Waals surface area contributed by atoms with Gasteiger partial charge in [0.1, 0.15) is 0 Å². The molecular weight excluding hydrogens is 284 g/mol. The van der Waals surface area contributed by atoms with Crippen LogP contribution >= 0.6 is 0 Å². The van der Waals surface area contributed by atoms with E-state index in [0.29, 0.717) is 6.54 Å². The van der Waals surface area contributed by atoms with Gasteiger partial charge in [0.2, 0.25) is 0 Å². The van der Waals surface area contributed by atoms with Crippen LogP contribution in [-0.4, -0.2) is 17.5 Å². The molecule has 122 valence electrons. The first-order valence-electron chi connectivity index (χ1n) is 8.12. The fraction of sp³-hybridized carbons (Fsp3) is 0.368. The Hall–Kier alpha value is -2.36. The van der Waals surface area contributed by atoms with Crippen LogP contribution in [0.2, 0.25) is 0 Å². The van der Waals surface area contributed by atoms with Crippen LogP contribution in [0.25, 0.3) is 0 Å². The maximum atomic E-state index is 4.67. The van der Waals surface area contributed by atoms with Crippen molar-refractivity contribution in [1.29, 1.82) is 0 Å². The molecule has 0 fully saturated rings. The van der Waals surface area contributed by atoms with Crippen LogP contribution in [0, 0.1) is 13.8 Å². The van der Waals surface area contributed by atoms with Crippen LogP contribution < -0.4 is 10.6 Å². The zero-order chi connectivity index (χ0) is 16.7. The van der Waals surface area contributed by atoms with Gasteiger partial charge >= 0.3 is 0 Å². The first-order chi connectivity index (χ1) is 11.1. The third-order valence-electron chi connectivity index (χ3n) is 3.86. The molecule has 4 nitrogen and oxygen atoms in total.